The van der Waals surface area contributed by atoms with Crippen LogP contribution in [-0.4, -0.2) is 112 Å². The molecule has 0 aliphatic rings. The summed E-state index contributed by atoms with van der Waals surface area (Å²) in [6.07, 6.45) is 73.6. The first-order valence-corrected chi connectivity index (χ1v) is 39.0. The van der Waals surface area contributed by atoms with Gasteiger partial charge in [-0.3, -0.25) is 14.4 Å². The van der Waals surface area contributed by atoms with E-state index in [4.69, 9.17) is 0 Å². The molecular formula is C77H160N6O3. The van der Waals surface area contributed by atoms with Gasteiger partial charge in [-0.15, -0.1) is 0 Å². The molecule has 0 saturated heterocycles. The molecule has 3 N–H and O–H groups in total. The van der Waals surface area contributed by atoms with Gasteiger partial charge in [0.15, 0.2) is 0 Å². The summed E-state index contributed by atoms with van der Waals surface area (Å²) in [6, 6.07) is 0. The predicted octanol–water partition coefficient (Wildman–Crippen LogP) is 22.1. The molecule has 0 bridgehead atoms. The first-order chi connectivity index (χ1) is 42.1. The van der Waals surface area contributed by atoms with E-state index < -0.39 is 0 Å². The van der Waals surface area contributed by atoms with Crippen molar-refractivity contribution in [2.24, 2.45) is 0 Å². The van der Waals surface area contributed by atoms with Crippen LogP contribution >= 0.6 is 0 Å². The summed E-state index contributed by atoms with van der Waals surface area (Å²) >= 11 is 0. The summed E-state index contributed by atoms with van der Waals surface area (Å²) in [4.78, 5) is 42.2. The van der Waals surface area contributed by atoms with Gasteiger partial charge in [-0.2, -0.15) is 0 Å². The van der Waals surface area contributed by atoms with E-state index in [-0.39, 0.29) is 17.7 Å². The molecule has 0 aromatic heterocycles. The first-order valence-electron chi connectivity index (χ1n) is 39.0. The largest absolute Gasteiger partial charge is 0.356 e. The summed E-state index contributed by atoms with van der Waals surface area (Å²) in [7, 11) is 4.06. The van der Waals surface area contributed by atoms with Gasteiger partial charge in [0.1, 0.15) is 0 Å². The van der Waals surface area contributed by atoms with Crippen LogP contribution in [0.2, 0.25) is 0 Å². The van der Waals surface area contributed by atoms with E-state index in [2.05, 4.69) is 79.1 Å². The normalized spacial score (nSPS) is 11.3. The number of nitrogens with one attached hydrogen (secondary N) is 3. The Morgan fingerprint density at radius 1 is 0.221 bits per heavy atom. The average Bonchev–Trinajstić information content (AvgIpc) is 3.50. The quantitative estimate of drug-likeness (QED) is 0.0525. The second-order valence-corrected chi connectivity index (χ2v) is 26.5. The predicted molar refractivity (Wildman–Crippen MR) is 384 cm³/mol. The number of likely N-dealkylation sites (N-methyl/N-ethyl adjacent to an activating group) is 2. The molecule has 0 unspecified atom stereocenters. The van der Waals surface area contributed by atoms with E-state index in [1.165, 1.54) is 308 Å². The third kappa shape index (κ3) is 80.3. The van der Waals surface area contributed by atoms with Gasteiger partial charge >= 0.3 is 0 Å². The molecule has 0 aliphatic carbocycles. The van der Waals surface area contributed by atoms with Gasteiger partial charge in [-0.1, -0.05) is 357 Å². The van der Waals surface area contributed by atoms with Crippen molar-refractivity contribution in [2.45, 2.75) is 402 Å². The number of nitrogens with zero attached hydrogens (tertiary/aromatic N) is 3. The minimum absolute atomic E-state index is 0.220. The van der Waals surface area contributed by atoms with Gasteiger partial charge < -0.3 is 30.7 Å². The molecule has 9 nitrogen and oxygen atoms in total. The van der Waals surface area contributed by atoms with Crippen LogP contribution in [0.15, 0.2) is 0 Å². The fourth-order valence-corrected chi connectivity index (χ4v) is 11.7. The Balaban J connectivity index is -0.00000120. The second kappa shape index (κ2) is 79.4. The van der Waals surface area contributed by atoms with Crippen molar-refractivity contribution >= 4 is 17.7 Å². The van der Waals surface area contributed by atoms with Crippen molar-refractivity contribution in [1.29, 1.82) is 0 Å². The fourth-order valence-electron chi connectivity index (χ4n) is 11.7. The number of carbonyl (C=O) groups excluding carboxylic acids is 3. The number of carbonyl (C=O) groups is 3. The third-order valence-electron chi connectivity index (χ3n) is 17.9. The second-order valence-electron chi connectivity index (χ2n) is 26.5. The number of hydrogen-bond acceptors (Lipinski definition) is 6. The van der Waals surface area contributed by atoms with Crippen LogP contribution in [0.3, 0.4) is 0 Å². The molecule has 0 radical (unpaired) electrons. The Labute approximate surface area is 541 Å². The number of hydrogen-bond donors (Lipinski definition) is 3. The zero-order valence-corrected chi connectivity index (χ0v) is 60.5. The Morgan fingerprint density at radius 2 is 0.407 bits per heavy atom. The first kappa shape index (κ1) is 88.5. The standard InChI is InChI=1S/C27H56N2O.C26H54N2O.C24H50N2O/c1-4-7-8-9-10-11-12-13-14-15-16-17-18-19-20-21-22-24-27(30)28-25-23-26-29(5-2)6-3;1-4-7-8-9-10-11-12-13-14-15-16-17-18-19-20-21-22-23-26(29)27-24-25-28(5-2)6-3;1-4-5-6-7-8-9-10-11-12-13-14-15-16-17-18-19-20-21-24(27)25-22-23-26(2)3/h4-26H2,1-3H3,(H,28,30);4-25H2,1-3H3,(H,27,29);4-23H2,1-3H3,(H,25,27). The highest BCUT2D eigenvalue weighted by Gasteiger charge is 2.06. The van der Waals surface area contributed by atoms with E-state index in [1.54, 1.807) is 0 Å². The molecule has 9 heteroatoms. The Kier molecular flexibility index (Phi) is 81.7. The summed E-state index contributed by atoms with van der Waals surface area (Å²) in [5.41, 5.74) is 0. The summed E-state index contributed by atoms with van der Waals surface area (Å²) in [6.45, 7) is 25.3. The molecule has 0 atom stereocenters. The molecule has 516 valence electrons. The lowest BCUT2D eigenvalue weighted by atomic mass is 10.0. The molecule has 0 spiro atoms. The monoisotopic (exact) mass is 1220 g/mol. The molecular weight excluding hydrogens is 1060 g/mol. The highest BCUT2D eigenvalue weighted by atomic mass is 16.2. The number of amides is 3. The highest BCUT2D eigenvalue weighted by molar-refractivity contribution is 5.76. The summed E-state index contributed by atoms with van der Waals surface area (Å²) < 4.78 is 0. The van der Waals surface area contributed by atoms with Gasteiger partial charge in [-0.25, -0.2) is 0 Å². The molecule has 0 saturated carbocycles. The SMILES string of the molecule is CCCCCCCCCCCCCCCCCCCC(=O)NCCCN(CC)CC.CCCCCCCCCCCCCCCCCCCC(=O)NCCN(C)C.CCCCCCCCCCCCCCCCCCCC(=O)NCCN(CC)CC. The van der Waals surface area contributed by atoms with Crippen LogP contribution < -0.4 is 16.0 Å². The van der Waals surface area contributed by atoms with Crippen molar-refractivity contribution in [2.75, 3.05) is 79.5 Å². The van der Waals surface area contributed by atoms with Gasteiger partial charge in [-0.05, 0) is 72.5 Å². The maximum Gasteiger partial charge on any atom is 0.220 e. The molecule has 3 amide bonds. The van der Waals surface area contributed by atoms with Crippen molar-refractivity contribution < 1.29 is 14.4 Å². The third-order valence-corrected chi connectivity index (χ3v) is 17.9. The van der Waals surface area contributed by atoms with Crippen LogP contribution in [-0.2, 0) is 14.4 Å². The molecule has 0 rings (SSSR count). The minimum Gasteiger partial charge on any atom is -0.356 e. The Morgan fingerprint density at radius 3 is 0.616 bits per heavy atom. The lowest BCUT2D eigenvalue weighted by Gasteiger charge is -2.17. The molecule has 0 fully saturated rings. The topological polar surface area (TPSA) is 97.0 Å². The van der Waals surface area contributed by atoms with E-state index in [1.807, 2.05) is 14.1 Å². The summed E-state index contributed by atoms with van der Waals surface area (Å²) in [5.74, 6) is 0.700. The maximum atomic E-state index is 11.9. The fraction of sp³-hybridized carbons (Fsp3) is 0.961. The molecule has 0 aliphatic heterocycles. The van der Waals surface area contributed by atoms with E-state index in [0.717, 1.165) is 91.1 Å². The molecule has 0 aromatic rings. The molecule has 0 heterocycles. The zero-order valence-electron chi connectivity index (χ0n) is 60.5. The van der Waals surface area contributed by atoms with E-state index >= 15 is 0 Å². The van der Waals surface area contributed by atoms with Crippen molar-refractivity contribution in [1.82, 2.24) is 30.7 Å². The van der Waals surface area contributed by atoms with Crippen molar-refractivity contribution in [3.8, 4) is 0 Å². The van der Waals surface area contributed by atoms with Crippen LogP contribution in [0.25, 0.3) is 0 Å². The molecule has 86 heavy (non-hydrogen) atoms. The lowest BCUT2D eigenvalue weighted by molar-refractivity contribution is -0.122. The average molecular weight is 1220 g/mol. The van der Waals surface area contributed by atoms with Crippen LogP contribution in [0.4, 0.5) is 0 Å². The van der Waals surface area contributed by atoms with Gasteiger partial charge in [0.25, 0.3) is 0 Å². The lowest BCUT2D eigenvalue weighted by Crippen LogP contribution is -2.34. The number of unbranched alkanes of at least 4 members (excludes halogenated alkanes) is 48. The van der Waals surface area contributed by atoms with Crippen LogP contribution in [0.5, 0.6) is 0 Å². The zero-order chi connectivity index (χ0) is 63.5. The Bertz CT molecular complexity index is 1280. The Hall–Kier alpha value is -1.71. The highest BCUT2D eigenvalue weighted by Crippen LogP contribution is 2.18. The minimum atomic E-state index is 0.220. The van der Waals surface area contributed by atoms with Gasteiger partial charge in [0, 0.05) is 52.0 Å². The summed E-state index contributed by atoms with van der Waals surface area (Å²) in [5, 5.41) is 9.12. The van der Waals surface area contributed by atoms with Gasteiger partial charge in [0.2, 0.25) is 17.7 Å². The van der Waals surface area contributed by atoms with Gasteiger partial charge in [0.05, 0.1) is 0 Å². The number of rotatable bonds is 68. The molecule has 0 aromatic carbocycles. The van der Waals surface area contributed by atoms with Crippen molar-refractivity contribution in [3.05, 3.63) is 0 Å². The van der Waals surface area contributed by atoms with Crippen LogP contribution in [0.1, 0.15) is 402 Å². The smallest absolute Gasteiger partial charge is 0.220 e. The van der Waals surface area contributed by atoms with Crippen molar-refractivity contribution in [3.63, 3.8) is 0 Å². The van der Waals surface area contributed by atoms with E-state index in [0.29, 0.717) is 19.3 Å². The maximum absolute atomic E-state index is 11.9. The van der Waals surface area contributed by atoms with Crippen LogP contribution in [0, 0.1) is 0 Å². The van der Waals surface area contributed by atoms with E-state index in [9.17, 15) is 14.4 Å².